The summed E-state index contributed by atoms with van der Waals surface area (Å²) >= 11 is 0. The molecule has 0 bridgehead atoms. The summed E-state index contributed by atoms with van der Waals surface area (Å²) in [5, 5.41) is 3.61. The molecule has 108 valence electrons. The average Bonchev–Trinajstić information content (AvgIpc) is 2.81. The number of hydrogen-bond donors (Lipinski definition) is 1. The lowest BCUT2D eigenvalue weighted by atomic mass is 10.1. The lowest BCUT2D eigenvalue weighted by Gasteiger charge is -2.16. The zero-order valence-corrected chi connectivity index (χ0v) is 12.4. The Morgan fingerprint density at radius 1 is 1.05 bits per heavy atom. The first-order chi connectivity index (χ1) is 10.3. The van der Waals surface area contributed by atoms with E-state index in [4.69, 9.17) is 4.74 Å². The number of benzene rings is 2. The maximum Gasteiger partial charge on any atom is 0.0672 e. The Morgan fingerprint density at radius 2 is 1.62 bits per heavy atom. The second-order valence-corrected chi connectivity index (χ2v) is 5.57. The molecule has 0 heterocycles. The van der Waals surface area contributed by atoms with Crippen LogP contribution in [0.3, 0.4) is 0 Å². The average molecular weight is 279 g/mol. The standard InChI is InChI=1S/C19H21NO/c1-14(2)13-21-12-11-20-19-17-9-5-3-7-15(17)16-8-4-6-10-18(16)19/h3-10,19-20H,1,11-13H2,2H3. The summed E-state index contributed by atoms with van der Waals surface area (Å²) in [6.07, 6.45) is 0. The lowest BCUT2D eigenvalue weighted by Crippen LogP contribution is -2.25. The molecule has 21 heavy (non-hydrogen) atoms. The number of fused-ring (bicyclic) bond motifs is 3. The van der Waals surface area contributed by atoms with Gasteiger partial charge in [0.05, 0.1) is 19.3 Å². The molecule has 0 saturated heterocycles. The van der Waals surface area contributed by atoms with Crippen LogP contribution in [0.25, 0.3) is 11.1 Å². The maximum absolute atomic E-state index is 5.57. The van der Waals surface area contributed by atoms with Gasteiger partial charge >= 0.3 is 0 Å². The van der Waals surface area contributed by atoms with E-state index in [0.717, 1.165) is 12.1 Å². The van der Waals surface area contributed by atoms with Crippen molar-refractivity contribution in [2.24, 2.45) is 0 Å². The van der Waals surface area contributed by atoms with Gasteiger partial charge in [-0.2, -0.15) is 0 Å². The van der Waals surface area contributed by atoms with Crippen molar-refractivity contribution in [3.05, 3.63) is 71.8 Å². The van der Waals surface area contributed by atoms with Crippen molar-refractivity contribution in [2.45, 2.75) is 13.0 Å². The maximum atomic E-state index is 5.57. The van der Waals surface area contributed by atoms with Gasteiger partial charge in [-0.1, -0.05) is 60.7 Å². The van der Waals surface area contributed by atoms with Gasteiger partial charge in [0.15, 0.2) is 0 Å². The summed E-state index contributed by atoms with van der Waals surface area (Å²) < 4.78 is 5.57. The van der Waals surface area contributed by atoms with E-state index < -0.39 is 0 Å². The van der Waals surface area contributed by atoms with E-state index in [2.05, 4.69) is 60.4 Å². The van der Waals surface area contributed by atoms with Crippen LogP contribution >= 0.6 is 0 Å². The minimum absolute atomic E-state index is 0.269. The van der Waals surface area contributed by atoms with Crippen molar-refractivity contribution in [3.63, 3.8) is 0 Å². The topological polar surface area (TPSA) is 21.3 Å². The molecule has 1 N–H and O–H groups in total. The van der Waals surface area contributed by atoms with Gasteiger partial charge in [-0.15, -0.1) is 0 Å². The van der Waals surface area contributed by atoms with Crippen LogP contribution in [0.15, 0.2) is 60.7 Å². The van der Waals surface area contributed by atoms with Gasteiger partial charge in [-0.25, -0.2) is 0 Å². The van der Waals surface area contributed by atoms with Gasteiger partial charge in [-0.05, 0) is 29.2 Å². The van der Waals surface area contributed by atoms with Crippen LogP contribution in [-0.4, -0.2) is 19.8 Å². The van der Waals surface area contributed by atoms with Gasteiger partial charge in [-0.3, -0.25) is 0 Å². The molecular formula is C19H21NO. The number of rotatable bonds is 6. The number of nitrogens with one attached hydrogen (secondary N) is 1. The van der Waals surface area contributed by atoms with Crippen molar-refractivity contribution < 1.29 is 4.74 Å². The second kappa shape index (κ2) is 6.25. The lowest BCUT2D eigenvalue weighted by molar-refractivity contribution is 0.156. The molecule has 0 aliphatic heterocycles. The van der Waals surface area contributed by atoms with Gasteiger partial charge < -0.3 is 10.1 Å². The Morgan fingerprint density at radius 3 is 2.19 bits per heavy atom. The van der Waals surface area contributed by atoms with Gasteiger partial charge in [0, 0.05) is 6.54 Å². The van der Waals surface area contributed by atoms with Gasteiger partial charge in [0.2, 0.25) is 0 Å². The second-order valence-electron chi connectivity index (χ2n) is 5.57. The molecule has 0 spiro atoms. The van der Waals surface area contributed by atoms with Crippen molar-refractivity contribution in [2.75, 3.05) is 19.8 Å². The van der Waals surface area contributed by atoms with Crippen LogP contribution < -0.4 is 5.32 Å². The van der Waals surface area contributed by atoms with E-state index in [0.29, 0.717) is 13.2 Å². The van der Waals surface area contributed by atoms with Crippen molar-refractivity contribution in [1.82, 2.24) is 5.32 Å². The molecule has 0 aromatic heterocycles. The Labute approximate surface area is 126 Å². The van der Waals surface area contributed by atoms with E-state index in [1.165, 1.54) is 22.3 Å². The molecule has 1 aliphatic carbocycles. The van der Waals surface area contributed by atoms with Crippen molar-refractivity contribution in [1.29, 1.82) is 0 Å². The largest absolute Gasteiger partial charge is 0.376 e. The summed E-state index contributed by atoms with van der Waals surface area (Å²) in [5.74, 6) is 0. The summed E-state index contributed by atoms with van der Waals surface area (Å²) in [5.41, 5.74) is 6.46. The first kappa shape index (κ1) is 14.1. The Hall–Kier alpha value is -1.90. The fourth-order valence-electron chi connectivity index (χ4n) is 2.90. The Balaban J connectivity index is 1.72. The zero-order chi connectivity index (χ0) is 14.7. The van der Waals surface area contributed by atoms with Gasteiger partial charge in [0.1, 0.15) is 0 Å². The highest BCUT2D eigenvalue weighted by atomic mass is 16.5. The molecule has 2 heteroatoms. The van der Waals surface area contributed by atoms with Crippen molar-refractivity contribution in [3.8, 4) is 11.1 Å². The van der Waals surface area contributed by atoms with Crippen LogP contribution in [0.1, 0.15) is 24.1 Å². The molecule has 0 unspecified atom stereocenters. The van der Waals surface area contributed by atoms with Crippen LogP contribution in [0.5, 0.6) is 0 Å². The van der Waals surface area contributed by atoms with Crippen LogP contribution in [-0.2, 0) is 4.74 Å². The highest BCUT2D eigenvalue weighted by Gasteiger charge is 2.27. The first-order valence-corrected chi connectivity index (χ1v) is 7.41. The summed E-state index contributed by atoms with van der Waals surface area (Å²) in [7, 11) is 0. The Bertz CT molecular complexity index is 602. The van der Waals surface area contributed by atoms with E-state index in [9.17, 15) is 0 Å². The molecule has 0 fully saturated rings. The predicted octanol–water partition coefficient (Wildman–Crippen LogP) is 3.94. The first-order valence-electron chi connectivity index (χ1n) is 7.41. The normalized spacial score (nSPS) is 13.0. The number of hydrogen-bond acceptors (Lipinski definition) is 2. The quantitative estimate of drug-likeness (QED) is 0.639. The van der Waals surface area contributed by atoms with Crippen LogP contribution in [0, 0.1) is 0 Å². The monoisotopic (exact) mass is 279 g/mol. The SMILES string of the molecule is C=C(C)COCCNC1c2ccccc2-c2ccccc21. The summed E-state index contributed by atoms with van der Waals surface area (Å²) in [4.78, 5) is 0. The van der Waals surface area contributed by atoms with E-state index in [1.807, 2.05) is 6.92 Å². The minimum atomic E-state index is 0.269. The fraction of sp³-hybridized carbons (Fsp3) is 0.263. The molecule has 0 atom stereocenters. The highest BCUT2D eigenvalue weighted by Crippen LogP contribution is 2.42. The summed E-state index contributed by atoms with van der Waals surface area (Å²) in [6, 6.07) is 17.5. The molecule has 2 nitrogen and oxygen atoms in total. The predicted molar refractivity (Wildman–Crippen MR) is 87.4 cm³/mol. The van der Waals surface area contributed by atoms with Crippen molar-refractivity contribution >= 4 is 0 Å². The molecular weight excluding hydrogens is 258 g/mol. The zero-order valence-electron chi connectivity index (χ0n) is 12.4. The third-order valence-electron chi connectivity index (χ3n) is 3.78. The third kappa shape index (κ3) is 2.92. The third-order valence-corrected chi connectivity index (χ3v) is 3.78. The van der Waals surface area contributed by atoms with Crippen LogP contribution in [0.2, 0.25) is 0 Å². The minimum Gasteiger partial charge on any atom is -0.376 e. The Kier molecular flexibility index (Phi) is 4.18. The molecule has 0 amide bonds. The molecule has 2 aromatic rings. The smallest absolute Gasteiger partial charge is 0.0672 e. The fourth-order valence-corrected chi connectivity index (χ4v) is 2.90. The molecule has 0 radical (unpaired) electrons. The van der Waals surface area contributed by atoms with Crippen LogP contribution in [0.4, 0.5) is 0 Å². The van der Waals surface area contributed by atoms with E-state index >= 15 is 0 Å². The molecule has 1 aliphatic rings. The molecule has 2 aromatic carbocycles. The molecule has 3 rings (SSSR count). The van der Waals surface area contributed by atoms with E-state index in [1.54, 1.807) is 0 Å². The summed E-state index contributed by atoms with van der Waals surface area (Å²) in [6.45, 7) is 8.00. The number of ether oxygens (including phenoxy) is 1. The van der Waals surface area contributed by atoms with E-state index in [-0.39, 0.29) is 6.04 Å². The molecule has 0 saturated carbocycles. The highest BCUT2D eigenvalue weighted by molar-refractivity contribution is 5.78. The van der Waals surface area contributed by atoms with Gasteiger partial charge in [0.25, 0.3) is 0 Å².